The lowest BCUT2D eigenvalue weighted by Gasteiger charge is -2.30. The van der Waals surface area contributed by atoms with E-state index in [9.17, 15) is 13.6 Å². The van der Waals surface area contributed by atoms with Crippen LogP contribution in [-0.2, 0) is 16.1 Å². The fourth-order valence-electron chi connectivity index (χ4n) is 5.10. The number of halogens is 2. The molecule has 184 valence electrons. The second-order valence-corrected chi connectivity index (χ2v) is 9.38. The molecule has 7 nitrogen and oxygen atoms in total. The van der Waals surface area contributed by atoms with Crippen molar-refractivity contribution in [3.05, 3.63) is 92.9 Å². The van der Waals surface area contributed by atoms with E-state index >= 15 is 0 Å². The van der Waals surface area contributed by atoms with Crippen molar-refractivity contribution in [1.29, 1.82) is 0 Å². The van der Waals surface area contributed by atoms with E-state index in [0.29, 0.717) is 36.4 Å². The molecular formula is C27H24F2N4O3. The van der Waals surface area contributed by atoms with Gasteiger partial charge in [-0.3, -0.25) is 14.2 Å². The highest BCUT2D eigenvalue weighted by Crippen LogP contribution is 2.38. The van der Waals surface area contributed by atoms with Crippen LogP contribution in [0.3, 0.4) is 0 Å². The van der Waals surface area contributed by atoms with Gasteiger partial charge in [-0.1, -0.05) is 0 Å². The molecule has 0 saturated carbocycles. The highest BCUT2D eigenvalue weighted by Gasteiger charge is 2.30. The van der Waals surface area contributed by atoms with E-state index in [4.69, 9.17) is 14.5 Å². The van der Waals surface area contributed by atoms with Gasteiger partial charge >= 0.3 is 0 Å². The first kappa shape index (κ1) is 22.9. The van der Waals surface area contributed by atoms with Crippen LogP contribution in [0.4, 0.5) is 8.78 Å². The lowest BCUT2D eigenvalue weighted by Crippen LogP contribution is -2.24. The van der Waals surface area contributed by atoms with Gasteiger partial charge in [0.1, 0.15) is 17.3 Å². The summed E-state index contributed by atoms with van der Waals surface area (Å²) in [5, 5.41) is 0. The predicted octanol–water partition coefficient (Wildman–Crippen LogP) is 4.96. The van der Waals surface area contributed by atoms with E-state index in [1.54, 1.807) is 12.4 Å². The van der Waals surface area contributed by atoms with Crippen LogP contribution in [0, 0.1) is 18.6 Å². The highest BCUT2D eigenvalue weighted by molar-refractivity contribution is 5.74. The summed E-state index contributed by atoms with van der Waals surface area (Å²) in [6.07, 6.45) is 4.28. The Kier molecular flexibility index (Phi) is 5.61. The van der Waals surface area contributed by atoms with Gasteiger partial charge in [-0.15, -0.1) is 0 Å². The molecule has 2 aliphatic rings. The van der Waals surface area contributed by atoms with Crippen LogP contribution in [0.5, 0.6) is 0 Å². The summed E-state index contributed by atoms with van der Waals surface area (Å²) in [6.45, 7) is 4.43. The summed E-state index contributed by atoms with van der Waals surface area (Å²) in [5.74, 6) is -1.50. The van der Waals surface area contributed by atoms with E-state index in [1.165, 1.54) is 16.5 Å². The summed E-state index contributed by atoms with van der Waals surface area (Å²) >= 11 is 0. The molecule has 1 saturated heterocycles. The molecular weight excluding hydrogens is 466 g/mol. The topological polar surface area (TPSA) is 78.6 Å². The zero-order valence-electron chi connectivity index (χ0n) is 19.9. The smallest absolute Gasteiger partial charge is 0.263 e. The Bertz CT molecular complexity index is 1550. The SMILES string of the molecule is Cc1cc([C@H]2C[C@@H](c3cn4c(=O)c5c(nc4c(-c4ccc(F)cc4F)n3)C(C)OC5)CCO2)ccn1. The van der Waals surface area contributed by atoms with E-state index in [1.807, 2.05) is 26.0 Å². The molecule has 0 N–H and O–H groups in total. The Balaban J connectivity index is 1.52. The fraction of sp³-hybridized carbons (Fsp3) is 0.333. The van der Waals surface area contributed by atoms with Crippen LogP contribution >= 0.6 is 0 Å². The van der Waals surface area contributed by atoms with Crippen molar-refractivity contribution in [3.63, 3.8) is 0 Å². The number of pyridine rings is 1. The molecule has 1 unspecified atom stereocenters. The van der Waals surface area contributed by atoms with Gasteiger partial charge in [0.05, 0.1) is 35.8 Å². The number of nitrogens with zero attached hydrogens (tertiary/aromatic N) is 4. The van der Waals surface area contributed by atoms with Crippen molar-refractivity contribution in [2.24, 2.45) is 0 Å². The van der Waals surface area contributed by atoms with Gasteiger partial charge in [-0.25, -0.2) is 18.7 Å². The predicted molar refractivity (Wildman–Crippen MR) is 127 cm³/mol. The summed E-state index contributed by atoms with van der Waals surface area (Å²) in [7, 11) is 0. The van der Waals surface area contributed by atoms with Gasteiger partial charge in [-0.2, -0.15) is 0 Å². The Morgan fingerprint density at radius 1 is 1.11 bits per heavy atom. The number of hydrogen-bond donors (Lipinski definition) is 0. The van der Waals surface area contributed by atoms with Gasteiger partial charge in [0.15, 0.2) is 5.65 Å². The second kappa shape index (κ2) is 8.83. The van der Waals surface area contributed by atoms with Crippen molar-refractivity contribution in [2.45, 2.75) is 51.4 Å². The number of benzene rings is 1. The maximum atomic E-state index is 15.0. The molecule has 0 amide bonds. The third-order valence-corrected chi connectivity index (χ3v) is 7.00. The maximum absolute atomic E-state index is 15.0. The van der Waals surface area contributed by atoms with E-state index in [2.05, 4.69) is 9.97 Å². The average Bonchev–Trinajstić information content (AvgIpc) is 3.25. The standard InChI is InChI=1S/C27H24F2N4O3/c1-14-9-17(5-7-30-14)23-10-16(6-8-35-23)22-12-33-26(32-24-15(2)36-13-20(24)27(33)34)25(31-22)19-4-3-18(28)11-21(19)29/h3-5,7,9,11-12,15-16,23H,6,8,10,13H2,1-2H3/t15?,16-,23+/m0/s1. The number of hydrogen-bond acceptors (Lipinski definition) is 6. The number of aryl methyl sites for hydroxylation is 1. The van der Waals surface area contributed by atoms with E-state index in [0.717, 1.165) is 17.3 Å². The lowest BCUT2D eigenvalue weighted by molar-refractivity contribution is 0.00451. The van der Waals surface area contributed by atoms with Crippen molar-refractivity contribution in [2.75, 3.05) is 6.61 Å². The zero-order valence-corrected chi connectivity index (χ0v) is 19.9. The molecule has 36 heavy (non-hydrogen) atoms. The van der Waals surface area contributed by atoms with Gasteiger partial charge in [0, 0.05) is 42.2 Å². The summed E-state index contributed by atoms with van der Waals surface area (Å²) in [4.78, 5) is 27.2. The number of aromatic nitrogens is 4. The van der Waals surface area contributed by atoms with Gasteiger partial charge in [0.2, 0.25) is 0 Å². The van der Waals surface area contributed by atoms with E-state index in [-0.39, 0.29) is 47.2 Å². The average molecular weight is 491 g/mol. The molecule has 0 radical (unpaired) electrons. The summed E-state index contributed by atoms with van der Waals surface area (Å²) < 4.78 is 41.8. The summed E-state index contributed by atoms with van der Waals surface area (Å²) in [6, 6.07) is 7.26. The zero-order chi connectivity index (χ0) is 25.0. The van der Waals surface area contributed by atoms with Crippen molar-refractivity contribution < 1.29 is 18.3 Å². The molecule has 2 aliphatic heterocycles. The van der Waals surface area contributed by atoms with E-state index < -0.39 is 11.6 Å². The molecule has 0 spiro atoms. The Hall–Kier alpha value is -3.56. The van der Waals surface area contributed by atoms with Crippen LogP contribution in [0.15, 0.2) is 47.5 Å². The molecule has 6 rings (SSSR count). The van der Waals surface area contributed by atoms with Gasteiger partial charge in [-0.05, 0) is 56.5 Å². The minimum atomic E-state index is -0.766. The largest absolute Gasteiger partial charge is 0.373 e. The first-order chi connectivity index (χ1) is 17.4. The van der Waals surface area contributed by atoms with Gasteiger partial charge < -0.3 is 9.47 Å². The summed E-state index contributed by atoms with van der Waals surface area (Å²) in [5.41, 5.74) is 3.82. The number of ether oxygens (including phenoxy) is 2. The molecule has 1 aromatic carbocycles. The van der Waals surface area contributed by atoms with Crippen LogP contribution in [0.1, 0.15) is 66.1 Å². The maximum Gasteiger partial charge on any atom is 0.263 e. The highest BCUT2D eigenvalue weighted by atomic mass is 19.1. The molecule has 1 fully saturated rings. The first-order valence-electron chi connectivity index (χ1n) is 12.0. The Labute approximate surface area is 205 Å². The van der Waals surface area contributed by atoms with Crippen LogP contribution < -0.4 is 5.56 Å². The quantitative estimate of drug-likeness (QED) is 0.404. The fourth-order valence-corrected chi connectivity index (χ4v) is 5.10. The van der Waals surface area contributed by atoms with Crippen LogP contribution in [-0.4, -0.2) is 26.0 Å². The first-order valence-corrected chi connectivity index (χ1v) is 12.0. The van der Waals surface area contributed by atoms with Gasteiger partial charge in [0.25, 0.3) is 5.56 Å². The van der Waals surface area contributed by atoms with Crippen molar-refractivity contribution in [3.8, 4) is 11.3 Å². The minimum Gasteiger partial charge on any atom is -0.373 e. The number of rotatable bonds is 3. The Morgan fingerprint density at radius 2 is 1.97 bits per heavy atom. The monoisotopic (exact) mass is 490 g/mol. The van der Waals surface area contributed by atoms with Crippen molar-refractivity contribution in [1.82, 2.24) is 19.4 Å². The third kappa shape index (κ3) is 3.88. The van der Waals surface area contributed by atoms with Crippen molar-refractivity contribution >= 4 is 5.65 Å². The normalized spacial score (nSPS) is 21.6. The number of fused-ring (bicyclic) bond motifs is 2. The molecule has 0 bridgehead atoms. The molecule has 3 atom stereocenters. The van der Waals surface area contributed by atoms with Crippen LogP contribution in [0.2, 0.25) is 0 Å². The molecule has 3 aromatic heterocycles. The molecule has 5 heterocycles. The molecule has 4 aromatic rings. The Morgan fingerprint density at radius 3 is 2.78 bits per heavy atom. The van der Waals surface area contributed by atoms with Crippen LogP contribution in [0.25, 0.3) is 16.9 Å². The molecule has 9 heteroatoms. The lowest BCUT2D eigenvalue weighted by atomic mass is 9.89. The second-order valence-electron chi connectivity index (χ2n) is 9.38. The minimum absolute atomic E-state index is 0.0424. The molecule has 0 aliphatic carbocycles. The third-order valence-electron chi connectivity index (χ3n) is 7.00.